The van der Waals surface area contributed by atoms with Crippen LogP contribution < -0.4 is 16.0 Å². The van der Waals surface area contributed by atoms with Gasteiger partial charge in [0.05, 0.1) is 33.7 Å². The van der Waals surface area contributed by atoms with Gasteiger partial charge in [-0.15, -0.1) is 4.68 Å². The first-order chi connectivity index (χ1) is 13.8. The molecule has 3 aromatic rings. The van der Waals surface area contributed by atoms with Gasteiger partial charge in [0.1, 0.15) is 0 Å². The highest BCUT2D eigenvalue weighted by molar-refractivity contribution is 9.10. The summed E-state index contributed by atoms with van der Waals surface area (Å²) < 4.78 is 11.3. The van der Waals surface area contributed by atoms with Gasteiger partial charge < -0.3 is 14.5 Å². The number of hydrogen-bond donors (Lipinski definition) is 1. The minimum absolute atomic E-state index is 0.205. The van der Waals surface area contributed by atoms with Crippen molar-refractivity contribution in [1.82, 2.24) is 9.66 Å². The number of rotatable bonds is 5. The number of nitrogens with one attached hydrogen (secondary N) is 1. The van der Waals surface area contributed by atoms with Gasteiger partial charge >= 0.3 is 11.7 Å². The molecule has 0 aliphatic rings. The topological polar surface area (TPSA) is 103 Å². The average molecular weight is 481 g/mol. The monoisotopic (exact) mass is 479 g/mol. The molecule has 0 aliphatic heterocycles. The van der Waals surface area contributed by atoms with Gasteiger partial charge in [0.25, 0.3) is 5.56 Å². The van der Waals surface area contributed by atoms with Crippen LogP contribution in [0.2, 0.25) is 5.02 Å². The number of hydrogen-bond acceptors (Lipinski definition) is 6. The maximum Gasteiger partial charge on any atom is 0.349 e. The normalized spacial score (nSPS) is 12.3. The lowest BCUT2D eigenvalue weighted by Crippen LogP contribution is -2.32. The van der Waals surface area contributed by atoms with Crippen molar-refractivity contribution < 1.29 is 14.3 Å². The number of para-hydroxylation sites is 1. The van der Waals surface area contributed by atoms with Crippen LogP contribution in [0.5, 0.6) is 5.75 Å². The fourth-order valence-corrected chi connectivity index (χ4v) is 3.50. The predicted molar refractivity (Wildman–Crippen MR) is 113 cm³/mol. The van der Waals surface area contributed by atoms with Gasteiger partial charge in [-0.2, -0.15) is 5.10 Å². The third-order valence-electron chi connectivity index (χ3n) is 3.95. The quantitative estimate of drug-likeness (QED) is 0.447. The third kappa shape index (κ3) is 4.41. The second-order valence-electron chi connectivity index (χ2n) is 5.93. The fraction of sp³-hybridized carbons (Fsp3) is 0.158. The summed E-state index contributed by atoms with van der Waals surface area (Å²) >= 11 is 9.57. The van der Waals surface area contributed by atoms with Crippen molar-refractivity contribution in [3.63, 3.8) is 0 Å². The summed E-state index contributed by atoms with van der Waals surface area (Å²) in [6.07, 6.45) is 0.457. The zero-order valence-electron chi connectivity index (χ0n) is 15.3. The lowest BCUT2D eigenvalue weighted by Gasteiger charge is -2.15. The van der Waals surface area contributed by atoms with E-state index in [0.29, 0.717) is 20.9 Å². The Morgan fingerprint density at radius 3 is 2.72 bits per heavy atom. The van der Waals surface area contributed by atoms with Crippen molar-refractivity contribution >= 4 is 50.6 Å². The Balaban J connectivity index is 1.94. The highest BCUT2D eigenvalue weighted by Gasteiger charge is 2.19. The molecule has 3 rings (SSSR count). The van der Waals surface area contributed by atoms with Crippen LogP contribution in [0.1, 0.15) is 12.5 Å². The van der Waals surface area contributed by atoms with Crippen molar-refractivity contribution in [2.75, 3.05) is 7.11 Å². The van der Waals surface area contributed by atoms with Gasteiger partial charge in [-0.25, -0.2) is 9.59 Å². The van der Waals surface area contributed by atoms with Crippen molar-refractivity contribution in [2.24, 2.45) is 5.10 Å². The Bertz CT molecular complexity index is 1210. The molecule has 0 fully saturated rings. The van der Waals surface area contributed by atoms with E-state index in [1.54, 1.807) is 30.3 Å². The third-order valence-corrected chi connectivity index (χ3v) is 4.82. The van der Waals surface area contributed by atoms with Crippen molar-refractivity contribution in [1.29, 1.82) is 0 Å². The molecule has 0 amide bonds. The molecule has 1 N–H and O–H groups in total. The van der Waals surface area contributed by atoms with E-state index in [0.717, 1.165) is 4.68 Å². The fourth-order valence-electron chi connectivity index (χ4n) is 2.54. The molecule has 0 spiro atoms. The number of methoxy groups -OCH3 is 1. The summed E-state index contributed by atoms with van der Waals surface area (Å²) in [6.45, 7) is 1.53. The summed E-state index contributed by atoms with van der Waals surface area (Å²) in [5.41, 5.74) is -0.278. The van der Waals surface area contributed by atoms with Crippen LogP contribution in [0.4, 0.5) is 0 Å². The number of fused-ring (bicyclic) bond motifs is 1. The zero-order valence-corrected chi connectivity index (χ0v) is 17.7. The predicted octanol–water partition coefficient (Wildman–Crippen LogP) is 2.93. The van der Waals surface area contributed by atoms with E-state index in [9.17, 15) is 14.4 Å². The summed E-state index contributed by atoms with van der Waals surface area (Å²) in [5, 5.41) is 4.52. The van der Waals surface area contributed by atoms with Gasteiger partial charge in [-0.3, -0.25) is 4.79 Å². The highest BCUT2D eigenvalue weighted by atomic mass is 79.9. The maximum atomic E-state index is 12.5. The first-order valence-corrected chi connectivity index (χ1v) is 9.51. The van der Waals surface area contributed by atoms with E-state index in [2.05, 4.69) is 30.8 Å². The van der Waals surface area contributed by atoms with E-state index in [1.165, 1.54) is 26.3 Å². The Morgan fingerprint density at radius 2 is 2.03 bits per heavy atom. The van der Waals surface area contributed by atoms with Crippen LogP contribution in [0.3, 0.4) is 0 Å². The number of carbonyl (C=O) groups is 1. The molecule has 2 aromatic carbocycles. The summed E-state index contributed by atoms with van der Waals surface area (Å²) in [4.78, 5) is 38.8. The standard InChI is InChI=1S/C19H15BrClN3O5/c1-10(18(26)28-2)29-16-13(20)7-11(8-14(16)21)9-22-24-17(25)12-5-3-4-6-15(12)23-19(24)27/h3-10H,1-2H3,(H,23,27). The molecule has 10 heteroatoms. The van der Waals surface area contributed by atoms with Crippen molar-refractivity contribution in [2.45, 2.75) is 13.0 Å². The summed E-state index contributed by atoms with van der Waals surface area (Å²) in [6, 6.07) is 9.79. The Morgan fingerprint density at radius 1 is 1.31 bits per heavy atom. The molecule has 0 bridgehead atoms. The number of carbonyl (C=O) groups excluding carboxylic acids is 1. The van der Waals surface area contributed by atoms with Crippen molar-refractivity contribution in [3.05, 3.63) is 72.3 Å². The van der Waals surface area contributed by atoms with Crippen LogP contribution in [0.15, 0.2) is 55.6 Å². The lowest BCUT2D eigenvalue weighted by atomic mass is 10.2. The minimum Gasteiger partial charge on any atom is -0.476 e. The number of aromatic amines is 1. The molecule has 29 heavy (non-hydrogen) atoms. The second kappa shape index (κ2) is 8.62. The summed E-state index contributed by atoms with van der Waals surface area (Å²) in [7, 11) is 1.26. The van der Waals surface area contributed by atoms with Gasteiger partial charge in [0.2, 0.25) is 0 Å². The second-order valence-corrected chi connectivity index (χ2v) is 7.20. The van der Waals surface area contributed by atoms with E-state index >= 15 is 0 Å². The Hall–Kier alpha value is -2.91. The summed E-state index contributed by atoms with van der Waals surface area (Å²) in [5.74, 6) is -0.295. The molecule has 0 saturated heterocycles. The number of nitrogens with zero attached hydrogens (tertiary/aromatic N) is 2. The van der Waals surface area contributed by atoms with E-state index < -0.39 is 23.3 Å². The molecule has 1 heterocycles. The molecule has 1 atom stereocenters. The number of halogens is 2. The molecule has 1 unspecified atom stereocenters. The van der Waals surface area contributed by atoms with Crippen LogP contribution in [0, 0.1) is 0 Å². The molecular weight excluding hydrogens is 466 g/mol. The van der Waals surface area contributed by atoms with Gasteiger partial charge in [-0.1, -0.05) is 23.7 Å². The Labute approximate surface area is 177 Å². The van der Waals surface area contributed by atoms with Crippen LogP contribution in [-0.2, 0) is 9.53 Å². The molecule has 0 saturated carbocycles. The first-order valence-electron chi connectivity index (χ1n) is 8.33. The number of aromatic nitrogens is 2. The number of ether oxygens (including phenoxy) is 2. The van der Waals surface area contributed by atoms with E-state index in [4.69, 9.17) is 16.3 Å². The molecule has 150 valence electrons. The minimum atomic E-state index is -0.858. The van der Waals surface area contributed by atoms with E-state index in [-0.39, 0.29) is 10.8 Å². The van der Waals surface area contributed by atoms with Gasteiger partial charge in [-0.05, 0) is 52.7 Å². The van der Waals surface area contributed by atoms with Gasteiger partial charge in [0, 0.05) is 0 Å². The number of benzene rings is 2. The molecule has 0 aliphatic carbocycles. The number of H-pyrrole nitrogens is 1. The highest BCUT2D eigenvalue weighted by Crippen LogP contribution is 2.35. The molecular formula is C19H15BrClN3O5. The van der Waals surface area contributed by atoms with Crippen LogP contribution >= 0.6 is 27.5 Å². The number of esters is 1. The first kappa shape index (κ1) is 20.8. The van der Waals surface area contributed by atoms with Crippen LogP contribution in [-0.4, -0.2) is 35.1 Å². The van der Waals surface area contributed by atoms with Crippen LogP contribution in [0.25, 0.3) is 10.9 Å². The molecule has 8 nitrogen and oxygen atoms in total. The molecule has 0 radical (unpaired) electrons. The lowest BCUT2D eigenvalue weighted by molar-refractivity contribution is -0.147. The largest absolute Gasteiger partial charge is 0.476 e. The SMILES string of the molecule is COC(=O)C(C)Oc1c(Cl)cc(C=Nn2c(=O)[nH]c3ccccc3c2=O)cc1Br. The van der Waals surface area contributed by atoms with Crippen molar-refractivity contribution in [3.8, 4) is 5.75 Å². The Kier molecular flexibility index (Phi) is 6.19. The van der Waals surface area contributed by atoms with E-state index in [1.807, 2.05) is 0 Å². The maximum absolute atomic E-state index is 12.5. The zero-order chi connectivity index (χ0) is 21.1. The van der Waals surface area contributed by atoms with Gasteiger partial charge in [0.15, 0.2) is 11.9 Å². The smallest absolute Gasteiger partial charge is 0.349 e. The molecule has 1 aromatic heterocycles. The average Bonchev–Trinajstić information content (AvgIpc) is 2.69.